The van der Waals surface area contributed by atoms with Crippen molar-refractivity contribution in [1.29, 1.82) is 0 Å². The van der Waals surface area contributed by atoms with Crippen LogP contribution in [0.25, 0.3) is 10.9 Å². The van der Waals surface area contributed by atoms with Gasteiger partial charge in [0.25, 0.3) is 0 Å². The number of hydrogen-bond donors (Lipinski definition) is 2. The Morgan fingerprint density at radius 3 is 2.86 bits per heavy atom. The Balaban J connectivity index is 1.84. The summed E-state index contributed by atoms with van der Waals surface area (Å²) in [5, 5.41) is 4.19. The maximum absolute atomic E-state index is 13.0. The molecule has 1 aliphatic carbocycles. The van der Waals surface area contributed by atoms with Gasteiger partial charge in [0.15, 0.2) is 0 Å². The summed E-state index contributed by atoms with van der Waals surface area (Å²) < 4.78 is 38.9. The molecule has 2 nitrogen and oxygen atoms in total. The van der Waals surface area contributed by atoms with Gasteiger partial charge in [0.05, 0.1) is 5.56 Å². The van der Waals surface area contributed by atoms with Gasteiger partial charge in [0.2, 0.25) is 0 Å². The molecule has 1 fully saturated rings. The number of piperidine rings is 1. The molecule has 1 saturated heterocycles. The Morgan fingerprint density at radius 1 is 1.27 bits per heavy atom. The number of alkyl halides is 3. The molecule has 2 aliphatic rings. The fraction of sp³-hybridized carbons (Fsp3) is 0.529. The van der Waals surface area contributed by atoms with Gasteiger partial charge in [-0.05, 0) is 60.9 Å². The minimum absolute atomic E-state index is 0.147. The van der Waals surface area contributed by atoms with E-state index in [9.17, 15) is 13.2 Å². The van der Waals surface area contributed by atoms with Gasteiger partial charge in [-0.2, -0.15) is 13.2 Å². The van der Waals surface area contributed by atoms with Crippen molar-refractivity contribution in [1.82, 2.24) is 10.3 Å². The summed E-state index contributed by atoms with van der Waals surface area (Å²) in [4.78, 5) is 3.36. The van der Waals surface area contributed by atoms with Crippen LogP contribution in [0.2, 0.25) is 0 Å². The summed E-state index contributed by atoms with van der Waals surface area (Å²) >= 11 is 0. The molecule has 1 aromatic carbocycles. The number of hydrogen-bond acceptors (Lipinski definition) is 1. The second-order valence-electron chi connectivity index (χ2n) is 7.04. The normalized spacial score (nSPS) is 28.5. The second kappa shape index (κ2) is 4.51. The number of aromatic amines is 1. The van der Waals surface area contributed by atoms with Crippen LogP contribution in [0.3, 0.4) is 0 Å². The molecule has 1 aliphatic heterocycles. The molecular formula is C17H19F3N2. The third-order valence-corrected chi connectivity index (χ3v) is 5.54. The molecule has 22 heavy (non-hydrogen) atoms. The average Bonchev–Trinajstić information content (AvgIpc) is 2.79. The summed E-state index contributed by atoms with van der Waals surface area (Å²) in [5.41, 5.74) is 2.64. The third-order valence-electron chi connectivity index (χ3n) is 5.54. The van der Waals surface area contributed by atoms with E-state index in [1.54, 1.807) is 6.07 Å². The van der Waals surface area contributed by atoms with Crippen molar-refractivity contribution in [3.05, 3.63) is 35.0 Å². The zero-order valence-electron chi connectivity index (χ0n) is 12.5. The van der Waals surface area contributed by atoms with Crippen LogP contribution < -0.4 is 5.32 Å². The van der Waals surface area contributed by atoms with Crippen molar-refractivity contribution in [2.45, 2.75) is 32.4 Å². The minimum atomic E-state index is -4.29. The average molecular weight is 308 g/mol. The molecule has 0 amide bonds. The molecule has 4 rings (SSSR count). The highest BCUT2D eigenvalue weighted by Gasteiger charge is 2.42. The van der Waals surface area contributed by atoms with E-state index in [1.807, 2.05) is 0 Å². The molecule has 2 aromatic rings. The quantitative estimate of drug-likeness (QED) is 0.759. The van der Waals surface area contributed by atoms with Crippen molar-refractivity contribution in [2.24, 2.45) is 11.3 Å². The molecule has 0 saturated carbocycles. The molecule has 5 heteroatoms. The SMILES string of the molecule is C[C@]12CNCC[C@@H]1Cc1[nH]c3ccc(C(F)(F)F)cc3c1C2. The van der Waals surface area contributed by atoms with Crippen LogP contribution in [0.1, 0.15) is 30.2 Å². The van der Waals surface area contributed by atoms with E-state index < -0.39 is 11.7 Å². The smallest absolute Gasteiger partial charge is 0.358 e. The summed E-state index contributed by atoms with van der Waals surface area (Å²) in [7, 11) is 0. The van der Waals surface area contributed by atoms with Gasteiger partial charge in [-0.1, -0.05) is 6.92 Å². The minimum Gasteiger partial charge on any atom is -0.358 e. The third kappa shape index (κ3) is 2.06. The summed E-state index contributed by atoms with van der Waals surface area (Å²) in [6.07, 6.45) is -1.35. The van der Waals surface area contributed by atoms with Crippen LogP contribution in [0.4, 0.5) is 13.2 Å². The Bertz CT molecular complexity index is 731. The van der Waals surface area contributed by atoms with E-state index in [0.29, 0.717) is 5.92 Å². The van der Waals surface area contributed by atoms with E-state index in [2.05, 4.69) is 17.2 Å². The van der Waals surface area contributed by atoms with E-state index >= 15 is 0 Å². The van der Waals surface area contributed by atoms with Gasteiger partial charge in [-0.25, -0.2) is 0 Å². The number of aromatic nitrogens is 1. The highest BCUT2D eigenvalue weighted by atomic mass is 19.4. The summed E-state index contributed by atoms with van der Waals surface area (Å²) in [6.45, 7) is 4.25. The van der Waals surface area contributed by atoms with Crippen molar-refractivity contribution in [2.75, 3.05) is 13.1 Å². The molecule has 2 atom stereocenters. The number of H-pyrrole nitrogens is 1. The van der Waals surface area contributed by atoms with Crippen LogP contribution in [-0.4, -0.2) is 18.1 Å². The van der Waals surface area contributed by atoms with Crippen molar-refractivity contribution < 1.29 is 13.2 Å². The van der Waals surface area contributed by atoms with Crippen molar-refractivity contribution in [3.63, 3.8) is 0 Å². The molecule has 0 spiro atoms. The van der Waals surface area contributed by atoms with E-state index in [-0.39, 0.29) is 5.41 Å². The van der Waals surface area contributed by atoms with Crippen LogP contribution in [0.15, 0.2) is 18.2 Å². The van der Waals surface area contributed by atoms with Gasteiger partial charge in [-0.15, -0.1) is 0 Å². The highest BCUT2D eigenvalue weighted by molar-refractivity contribution is 5.86. The van der Waals surface area contributed by atoms with E-state index in [0.717, 1.165) is 54.5 Å². The first-order chi connectivity index (χ1) is 10.4. The van der Waals surface area contributed by atoms with Crippen molar-refractivity contribution in [3.8, 4) is 0 Å². The number of nitrogens with one attached hydrogen (secondary N) is 2. The fourth-order valence-electron chi connectivity index (χ4n) is 4.20. The number of benzene rings is 1. The largest absolute Gasteiger partial charge is 0.416 e. The lowest BCUT2D eigenvalue weighted by Crippen LogP contribution is -2.48. The second-order valence-corrected chi connectivity index (χ2v) is 7.04. The first-order valence-corrected chi connectivity index (χ1v) is 7.78. The lowest BCUT2D eigenvalue weighted by atomic mass is 9.64. The zero-order chi connectivity index (χ0) is 15.5. The molecular weight excluding hydrogens is 289 g/mol. The monoisotopic (exact) mass is 308 g/mol. The Labute approximate surface area is 127 Å². The summed E-state index contributed by atoms with van der Waals surface area (Å²) in [5.74, 6) is 0.608. The highest BCUT2D eigenvalue weighted by Crippen LogP contribution is 2.45. The Morgan fingerprint density at radius 2 is 2.09 bits per heavy atom. The molecule has 2 heterocycles. The van der Waals surface area contributed by atoms with Crippen LogP contribution in [0, 0.1) is 11.3 Å². The van der Waals surface area contributed by atoms with Gasteiger partial charge >= 0.3 is 6.18 Å². The van der Waals surface area contributed by atoms with Gasteiger partial charge in [-0.3, -0.25) is 0 Å². The first-order valence-electron chi connectivity index (χ1n) is 7.78. The number of halogens is 3. The summed E-state index contributed by atoms with van der Waals surface area (Å²) in [6, 6.07) is 4.05. The van der Waals surface area contributed by atoms with Crippen LogP contribution in [-0.2, 0) is 19.0 Å². The zero-order valence-corrected chi connectivity index (χ0v) is 12.5. The standard InChI is InChI=1S/C17H19F3N2/c1-16-8-13-12-6-11(17(18,19)20)2-3-14(12)22-15(13)7-10(16)4-5-21-9-16/h2-3,6,10,21-22H,4-5,7-9H2,1H3/t10-,16+/m1/s1. The fourth-order valence-corrected chi connectivity index (χ4v) is 4.20. The maximum atomic E-state index is 13.0. The first kappa shape index (κ1) is 14.1. The number of rotatable bonds is 0. The predicted molar refractivity (Wildman–Crippen MR) is 79.8 cm³/mol. The van der Waals surface area contributed by atoms with E-state index in [1.165, 1.54) is 12.1 Å². The lowest BCUT2D eigenvalue weighted by molar-refractivity contribution is -0.137. The molecule has 1 aromatic heterocycles. The van der Waals surface area contributed by atoms with Crippen LogP contribution in [0.5, 0.6) is 0 Å². The molecule has 0 bridgehead atoms. The Kier molecular flexibility index (Phi) is 2.89. The molecule has 2 N–H and O–H groups in total. The topological polar surface area (TPSA) is 27.8 Å². The molecule has 0 unspecified atom stereocenters. The van der Waals surface area contributed by atoms with Gasteiger partial charge in [0, 0.05) is 23.1 Å². The van der Waals surface area contributed by atoms with Crippen LogP contribution >= 0.6 is 0 Å². The van der Waals surface area contributed by atoms with E-state index in [4.69, 9.17) is 0 Å². The maximum Gasteiger partial charge on any atom is 0.416 e. The lowest BCUT2D eigenvalue weighted by Gasteiger charge is -2.45. The predicted octanol–water partition coefficient (Wildman–Crippen LogP) is 3.90. The Hall–Kier alpha value is -1.49. The molecule has 0 radical (unpaired) electrons. The van der Waals surface area contributed by atoms with Gasteiger partial charge < -0.3 is 10.3 Å². The van der Waals surface area contributed by atoms with Gasteiger partial charge in [0.1, 0.15) is 0 Å². The molecule has 118 valence electrons. The van der Waals surface area contributed by atoms with Crippen molar-refractivity contribution >= 4 is 10.9 Å². The number of fused-ring (bicyclic) bond motifs is 4.